The van der Waals surface area contributed by atoms with Gasteiger partial charge in [0.25, 0.3) is 0 Å². The molecule has 78 valence electrons. The molecule has 0 spiro atoms. The molecule has 0 rings (SSSR count). The van der Waals surface area contributed by atoms with E-state index in [4.69, 9.17) is 0 Å². The summed E-state index contributed by atoms with van der Waals surface area (Å²) in [6, 6.07) is 0. The summed E-state index contributed by atoms with van der Waals surface area (Å²) >= 11 is 3.69. The maximum atomic E-state index is 3.69. The van der Waals surface area contributed by atoms with E-state index in [-0.39, 0.29) is 0 Å². The molecule has 0 aromatic rings. The van der Waals surface area contributed by atoms with Crippen molar-refractivity contribution in [3.05, 3.63) is 10.2 Å². The van der Waals surface area contributed by atoms with E-state index in [1.54, 1.807) is 0 Å². The Balaban J connectivity index is 3.60. The van der Waals surface area contributed by atoms with E-state index in [0.29, 0.717) is 0 Å². The lowest BCUT2D eigenvalue weighted by atomic mass is 10.2. The minimum atomic E-state index is -1.05. The summed E-state index contributed by atoms with van der Waals surface area (Å²) in [6.07, 6.45) is 9.11. The number of halogens is 1. The Labute approximate surface area is 92.9 Å². The molecule has 0 amide bonds. The molecule has 0 fully saturated rings. The van der Waals surface area contributed by atoms with Crippen LogP contribution in [0.5, 0.6) is 0 Å². The fourth-order valence-corrected chi connectivity index (χ4v) is 2.09. The minimum Gasteiger partial charge on any atom is -0.0785 e. The van der Waals surface area contributed by atoms with Crippen LogP contribution in [0.25, 0.3) is 0 Å². The van der Waals surface area contributed by atoms with Gasteiger partial charge >= 0.3 is 0 Å². The monoisotopic (exact) mass is 262 g/mol. The van der Waals surface area contributed by atoms with Crippen LogP contribution >= 0.6 is 15.9 Å². The van der Waals surface area contributed by atoms with Gasteiger partial charge in [-0.05, 0) is 16.9 Å². The molecule has 13 heavy (non-hydrogen) atoms. The fourth-order valence-electron chi connectivity index (χ4n) is 1.11. The number of hydrogen-bond donors (Lipinski definition) is 0. The van der Waals surface area contributed by atoms with Gasteiger partial charge in [-0.15, -0.1) is 0 Å². The van der Waals surface area contributed by atoms with Crippen LogP contribution in [-0.4, -0.2) is 8.07 Å². The van der Waals surface area contributed by atoms with Crippen LogP contribution < -0.4 is 0 Å². The smallest absolute Gasteiger partial charge is 0.0785 e. The fraction of sp³-hybridized carbons (Fsp3) is 0.818. The first-order valence-electron chi connectivity index (χ1n) is 5.34. The Morgan fingerprint density at radius 3 is 2.23 bits per heavy atom. The molecule has 0 aliphatic heterocycles. The van der Waals surface area contributed by atoms with Crippen molar-refractivity contribution < 1.29 is 0 Å². The van der Waals surface area contributed by atoms with Crippen LogP contribution in [-0.2, 0) is 0 Å². The average Bonchev–Trinajstić information content (AvgIpc) is 2.02. The van der Waals surface area contributed by atoms with Crippen LogP contribution in [0.4, 0.5) is 0 Å². The predicted molar refractivity (Wildman–Crippen MR) is 69.1 cm³/mol. The standard InChI is InChI=1S/C11H23BrSi/c1-5-6-7-8-9-10-11(12)13(2,3)4/h10H,5-9H2,1-4H3. The minimum absolute atomic E-state index is 1.05. The highest BCUT2D eigenvalue weighted by Gasteiger charge is 2.16. The molecule has 0 aliphatic rings. The Kier molecular flexibility index (Phi) is 7.06. The summed E-state index contributed by atoms with van der Waals surface area (Å²) in [7, 11) is -1.05. The van der Waals surface area contributed by atoms with Gasteiger partial charge in [-0.3, -0.25) is 0 Å². The largest absolute Gasteiger partial charge is 0.0861 e. The number of hydrogen-bond acceptors (Lipinski definition) is 0. The van der Waals surface area contributed by atoms with Crippen LogP contribution in [0.15, 0.2) is 10.2 Å². The van der Waals surface area contributed by atoms with E-state index < -0.39 is 8.07 Å². The SMILES string of the molecule is CCCCCCC=C(Br)[Si](C)(C)C. The topological polar surface area (TPSA) is 0 Å². The van der Waals surface area contributed by atoms with Gasteiger partial charge in [0.1, 0.15) is 0 Å². The van der Waals surface area contributed by atoms with Crippen molar-refractivity contribution in [2.45, 2.75) is 58.7 Å². The number of rotatable bonds is 6. The van der Waals surface area contributed by atoms with Crippen molar-refractivity contribution in [3.8, 4) is 0 Å². The third-order valence-corrected chi connectivity index (χ3v) is 7.63. The van der Waals surface area contributed by atoms with Gasteiger partial charge in [-0.25, -0.2) is 0 Å². The highest BCUT2D eigenvalue weighted by molar-refractivity contribution is 9.12. The molecule has 0 nitrogen and oxygen atoms in total. The first-order valence-corrected chi connectivity index (χ1v) is 9.64. The van der Waals surface area contributed by atoms with E-state index in [1.165, 1.54) is 36.2 Å². The van der Waals surface area contributed by atoms with Gasteiger partial charge in [0, 0.05) is 0 Å². The van der Waals surface area contributed by atoms with Crippen LogP contribution in [0, 0.1) is 0 Å². The highest BCUT2D eigenvalue weighted by atomic mass is 79.9. The van der Waals surface area contributed by atoms with Gasteiger partial charge < -0.3 is 0 Å². The Morgan fingerprint density at radius 2 is 1.77 bits per heavy atom. The molecule has 0 atom stereocenters. The van der Waals surface area contributed by atoms with Gasteiger partial charge in [0.05, 0.1) is 8.07 Å². The average molecular weight is 263 g/mol. The second-order valence-electron chi connectivity index (χ2n) is 4.65. The van der Waals surface area contributed by atoms with Crippen molar-refractivity contribution in [3.63, 3.8) is 0 Å². The third-order valence-electron chi connectivity index (χ3n) is 2.10. The van der Waals surface area contributed by atoms with Gasteiger partial charge in [0.2, 0.25) is 0 Å². The summed E-state index contributed by atoms with van der Waals surface area (Å²) in [5, 5.41) is 0. The lowest BCUT2D eigenvalue weighted by Crippen LogP contribution is -2.20. The molecule has 0 saturated heterocycles. The van der Waals surface area contributed by atoms with Crippen molar-refractivity contribution in [1.29, 1.82) is 0 Å². The van der Waals surface area contributed by atoms with E-state index >= 15 is 0 Å². The second kappa shape index (κ2) is 6.83. The van der Waals surface area contributed by atoms with E-state index in [0.717, 1.165) is 0 Å². The van der Waals surface area contributed by atoms with E-state index in [2.05, 4.69) is 48.6 Å². The molecular formula is C11H23BrSi. The molecule has 0 heterocycles. The molecule has 0 aromatic heterocycles. The molecule has 0 aromatic carbocycles. The molecule has 0 radical (unpaired) electrons. The normalized spacial score (nSPS) is 13.5. The quantitative estimate of drug-likeness (QED) is 0.461. The van der Waals surface area contributed by atoms with Gasteiger partial charge in [-0.1, -0.05) is 67.8 Å². The predicted octanol–water partition coefficient (Wildman–Crippen LogP) is 5.11. The number of allylic oxidation sites excluding steroid dienone is 1. The van der Waals surface area contributed by atoms with E-state index in [1.807, 2.05) is 0 Å². The van der Waals surface area contributed by atoms with Crippen LogP contribution in [0.1, 0.15) is 39.0 Å². The molecule has 0 unspecified atom stereocenters. The van der Waals surface area contributed by atoms with Crippen molar-refractivity contribution in [2.75, 3.05) is 0 Å². The van der Waals surface area contributed by atoms with Crippen molar-refractivity contribution in [1.82, 2.24) is 0 Å². The second-order valence-corrected chi connectivity index (χ2v) is 11.3. The Hall–Kier alpha value is 0.437. The van der Waals surface area contributed by atoms with Gasteiger partial charge in [-0.2, -0.15) is 0 Å². The molecule has 0 bridgehead atoms. The van der Waals surface area contributed by atoms with Crippen LogP contribution in [0.3, 0.4) is 0 Å². The van der Waals surface area contributed by atoms with Crippen LogP contribution in [0.2, 0.25) is 19.6 Å². The van der Waals surface area contributed by atoms with Crippen molar-refractivity contribution in [2.24, 2.45) is 0 Å². The summed E-state index contributed by atoms with van der Waals surface area (Å²) < 4.78 is 1.48. The summed E-state index contributed by atoms with van der Waals surface area (Å²) in [5.74, 6) is 0. The van der Waals surface area contributed by atoms with E-state index in [9.17, 15) is 0 Å². The molecular weight excluding hydrogens is 240 g/mol. The molecule has 2 heteroatoms. The summed E-state index contributed by atoms with van der Waals surface area (Å²) in [6.45, 7) is 9.38. The Bertz CT molecular complexity index is 156. The maximum Gasteiger partial charge on any atom is 0.0861 e. The molecule has 0 N–H and O–H groups in total. The lowest BCUT2D eigenvalue weighted by molar-refractivity contribution is 0.674. The highest BCUT2D eigenvalue weighted by Crippen LogP contribution is 2.21. The zero-order valence-corrected chi connectivity index (χ0v) is 12.1. The maximum absolute atomic E-state index is 3.69. The third kappa shape index (κ3) is 7.50. The van der Waals surface area contributed by atoms with Gasteiger partial charge in [0.15, 0.2) is 0 Å². The first kappa shape index (κ1) is 13.4. The summed E-state index contributed by atoms with van der Waals surface area (Å²) in [4.78, 5) is 0. The Morgan fingerprint density at radius 1 is 1.15 bits per heavy atom. The molecule has 0 saturated carbocycles. The first-order chi connectivity index (χ1) is 5.98. The lowest BCUT2D eigenvalue weighted by Gasteiger charge is -2.14. The number of unbranched alkanes of at least 4 members (excludes halogenated alkanes) is 4. The summed E-state index contributed by atoms with van der Waals surface area (Å²) in [5.41, 5.74) is 0. The van der Waals surface area contributed by atoms with Crippen molar-refractivity contribution >= 4 is 24.0 Å². The molecule has 0 aliphatic carbocycles. The zero-order chi connectivity index (χ0) is 10.3. The zero-order valence-electron chi connectivity index (χ0n) is 9.49.